The van der Waals surface area contributed by atoms with Crippen molar-refractivity contribution < 1.29 is 14.0 Å². The maximum atomic E-state index is 13.0. The van der Waals surface area contributed by atoms with Crippen LogP contribution in [0.3, 0.4) is 0 Å². The molecule has 0 radical (unpaired) electrons. The van der Waals surface area contributed by atoms with Crippen molar-refractivity contribution in [3.63, 3.8) is 0 Å². The molecule has 24 heavy (non-hydrogen) atoms. The molecule has 7 heteroatoms. The van der Waals surface area contributed by atoms with Crippen LogP contribution in [0.4, 0.5) is 20.6 Å². The van der Waals surface area contributed by atoms with Crippen molar-refractivity contribution in [2.45, 2.75) is 19.9 Å². The van der Waals surface area contributed by atoms with E-state index in [-0.39, 0.29) is 22.7 Å². The van der Waals surface area contributed by atoms with Crippen molar-refractivity contribution in [3.05, 3.63) is 58.9 Å². The summed E-state index contributed by atoms with van der Waals surface area (Å²) in [5.41, 5.74) is 1.29. The fraction of sp³-hybridized carbons (Fsp3) is 0.176. The Morgan fingerprint density at radius 2 is 1.58 bits per heavy atom. The Morgan fingerprint density at radius 1 is 1.00 bits per heavy atom. The predicted octanol–water partition coefficient (Wildman–Crippen LogP) is 4.26. The van der Waals surface area contributed by atoms with Crippen LogP contribution in [0.15, 0.2) is 42.5 Å². The second-order valence-electron chi connectivity index (χ2n) is 5.41. The van der Waals surface area contributed by atoms with Gasteiger partial charge in [-0.15, -0.1) is 0 Å². The molecule has 3 amide bonds. The van der Waals surface area contributed by atoms with Gasteiger partial charge in [-0.2, -0.15) is 0 Å². The molecule has 2 aromatic carbocycles. The van der Waals surface area contributed by atoms with E-state index in [0.29, 0.717) is 11.4 Å². The zero-order valence-corrected chi connectivity index (χ0v) is 13.9. The molecule has 0 saturated heterocycles. The first-order valence-electron chi connectivity index (χ1n) is 7.29. The van der Waals surface area contributed by atoms with Crippen LogP contribution in [0.2, 0.25) is 5.02 Å². The van der Waals surface area contributed by atoms with Crippen molar-refractivity contribution in [2.75, 3.05) is 10.6 Å². The van der Waals surface area contributed by atoms with Gasteiger partial charge in [-0.1, -0.05) is 11.6 Å². The van der Waals surface area contributed by atoms with E-state index < -0.39 is 11.7 Å². The van der Waals surface area contributed by atoms with Crippen molar-refractivity contribution in [1.29, 1.82) is 0 Å². The largest absolute Gasteiger partial charge is 0.336 e. The summed E-state index contributed by atoms with van der Waals surface area (Å²) in [5, 5.41) is 8.08. The van der Waals surface area contributed by atoms with Crippen LogP contribution in [0.1, 0.15) is 24.2 Å². The van der Waals surface area contributed by atoms with E-state index in [2.05, 4.69) is 16.0 Å². The highest BCUT2D eigenvalue weighted by Gasteiger charge is 2.11. The summed E-state index contributed by atoms with van der Waals surface area (Å²) in [6.45, 7) is 3.72. The van der Waals surface area contributed by atoms with Gasteiger partial charge in [0.25, 0.3) is 5.91 Å². The maximum Gasteiger partial charge on any atom is 0.319 e. The first-order valence-corrected chi connectivity index (χ1v) is 7.67. The van der Waals surface area contributed by atoms with Gasteiger partial charge in [0.05, 0.1) is 10.6 Å². The molecule has 0 aliphatic heterocycles. The lowest BCUT2D eigenvalue weighted by atomic mass is 10.2. The standard InChI is InChI=1S/C17H17ClFN3O2/c1-10(2)20-17(24)22-13-6-4-12(5-7-13)21-16(23)14-8-3-11(19)9-15(14)18/h3-10H,1-2H3,(H,21,23)(H2,20,22,24). The SMILES string of the molecule is CC(C)NC(=O)Nc1ccc(NC(=O)c2ccc(F)cc2Cl)cc1. The Morgan fingerprint density at radius 3 is 2.12 bits per heavy atom. The van der Waals surface area contributed by atoms with E-state index in [1.807, 2.05) is 13.8 Å². The summed E-state index contributed by atoms with van der Waals surface area (Å²) in [6.07, 6.45) is 0. The molecule has 0 bridgehead atoms. The minimum atomic E-state index is -0.508. The molecule has 0 heterocycles. The molecule has 0 atom stereocenters. The number of nitrogens with one attached hydrogen (secondary N) is 3. The molecule has 2 aromatic rings. The van der Waals surface area contributed by atoms with Gasteiger partial charge in [-0.3, -0.25) is 4.79 Å². The number of carbonyl (C=O) groups excluding carboxylic acids is 2. The summed E-state index contributed by atoms with van der Waals surface area (Å²) in [7, 11) is 0. The topological polar surface area (TPSA) is 70.2 Å². The zero-order valence-electron chi connectivity index (χ0n) is 13.2. The van der Waals surface area contributed by atoms with Gasteiger partial charge in [-0.25, -0.2) is 9.18 Å². The lowest BCUT2D eigenvalue weighted by molar-refractivity contribution is 0.102. The predicted molar refractivity (Wildman–Crippen MR) is 93.1 cm³/mol. The lowest BCUT2D eigenvalue weighted by Gasteiger charge is -2.11. The average molecular weight is 350 g/mol. The molecule has 0 aliphatic carbocycles. The van der Waals surface area contributed by atoms with Gasteiger partial charge < -0.3 is 16.0 Å². The summed E-state index contributed by atoms with van der Waals surface area (Å²) < 4.78 is 13.0. The minimum absolute atomic E-state index is 0.0315. The maximum absolute atomic E-state index is 13.0. The quantitative estimate of drug-likeness (QED) is 0.771. The molecule has 0 unspecified atom stereocenters. The van der Waals surface area contributed by atoms with Crippen LogP contribution in [-0.4, -0.2) is 18.0 Å². The van der Waals surface area contributed by atoms with Crippen LogP contribution in [0.5, 0.6) is 0 Å². The first-order chi connectivity index (χ1) is 11.3. The average Bonchev–Trinajstić information content (AvgIpc) is 2.48. The normalized spacial score (nSPS) is 10.4. The summed E-state index contributed by atoms with van der Waals surface area (Å²) >= 11 is 5.86. The van der Waals surface area contributed by atoms with Gasteiger partial charge in [-0.05, 0) is 56.3 Å². The highest BCUT2D eigenvalue weighted by atomic mass is 35.5. The van der Waals surface area contributed by atoms with Crippen LogP contribution >= 0.6 is 11.6 Å². The number of amides is 3. The molecule has 0 saturated carbocycles. The van der Waals surface area contributed by atoms with Crippen molar-refractivity contribution in [1.82, 2.24) is 5.32 Å². The van der Waals surface area contributed by atoms with Crippen molar-refractivity contribution in [2.24, 2.45) is 0 Å². The van der Waals surface area contributed by atoms with E-state index in [0.717, 1.165) is 6.07 Å². The van der Waals surface area contributed by atoms with E-state index in [1.54, 1.807) is 24.3 Å². The summed E-state index contributed by atoms with van der Waals surface area (Å²) in [4.78, 5) is 23.7. The number of benzene rings is 2. The molecule has 5 nitrogen and oxygen atoms in total. The number of hydrogen-bond acceptors (Lipinski definition) is 2. The van der Waals surface area contributed by atoms with E-state index in [4.69, 9.17) is 11.6 Å². The van der Waals surface area contributed by atoms with E-state index >= 15 is 0 Å². The number of carbonyl (C=O) groups is 2. The van der Waals surface area contributed by atoms with Crippen LogP contribution < -0.4 is 16.0 Å². The van der Waals surface area contributed by atoms with Crippen LogP contribution in [-0.2, 0) is 0 Å². The monoisotopic (exact) mass is 349 g/mol. The first kappa shape index (κ1) is 17.7. The number of urea groups is 1. The summed E-state index contributed by atoms with van der Waals surface area (Å²) in [5.74, 6) is -0.954. The number of rotatable bonds is 4. The molecular weight excluding hydrogens is 333 g/mol. The van der Waals surface area contributed by atoms with Gasteiger partial charge >= 0.3 is 6.03 Å². The van der Waals surface area contributed by atoms with Gasteiger partial charge in [0.15, 0.2) is 0 Å². The highest BCUT2D eigenvalue weighted by Crippen LogP contribution is 2.20. The fourth-order valence-corrected chi connectivity index (χ4v) is 2.19. The third kappa shape index (κ3) is 4.96. The van der Waals surface area contributed by atoms with Gasteiger partial charge in [0.2, 0.25) is 0 Å². The Balaban J connectivity index is 2.01. The Labute approximate surface area is 144 Å². The number of hydrogen-bond donors (Lipinski definition) is 3. The van der Waals surface area contributed by atoms with Crippen molar-refractivity contribution >= 4 is 34.9 Å². The van der Waals surface area contributed by atoms with Crippen LogP contribution in [0, 0.1) is 5.82 Å². The Kier molecular flexibility index (Phi) is 5.76. The third-order valence-corrected chi connectivity index (χ3v) is 3.31. The van der Waals surface area contributed by atoms with Gasteiger partial charge in [0.1, 0.15) is 5.82 Å². The van der Waals surface area contributed by atoms with Gasteiger partial charge in [0, 0.05) is 17.4 Å². The minimum Gasteiger partial charge on any atom is -0.336 e. The molecule has 3 N–H and O–H groups in total. The molecule has 0 fully saturated rings. The molecule has 2 rings (SSSR count). The zero-order chi connectivity index (χ0) is 17.7. The van der Waals surface area contributed by atoms with E-state index in [1.165, 1.54) is 12.1 Å². The Hall–Kier alpha value is -2.60. The lowest BCUT2D eigenvalue weighted by Crippen LogP contribution is -2.34. The molecule has 0 aliphatic rings. The smallest absolute Gasteiger partial charge is 0.319 e. The van der Waals surface area contributed by atoms with E-state index in [9.17, 15) is 14.0 Å². The third-order valence-electron chi connectivity index (χ3n) is 3.00. The second kappa shape index (κ2) is 7.79. The molecular formula is C17H17ClFN3O2. The second-order valence-corrected chi connectivity index (χ2v) is 5.82. The molecule has 0 aromatic heterocycles. The summed E-state index contributed by atoms with van der Waals surface area (Å²) in [6, 6.07) is 9.88. The molecule has 126 valence electrons. The highest BCUT2D eigenvalue weighted by molar-refractivity contribution is 6.34. The fourth-order valence-electron chi connectivity index (χ4n) is 1.94. The van der Waals surface area contributed by atoms with Crippen molar-refractivity contribution in [3.8, 4) is 0 Å². The van der Waals surface area contributed by atoms with Crippen LogP contribution in [0.25, 0.3) is 0 Å². The Bertz CT molecular complexity index is 748. The number of anilines is 2. The molecule has 0 spiro atoms. The number of halogens is 2.